The summed E-state index contributed by atoms with van der Waals surface area (Å²) in [5.41, 5.74) is 0. The highest BCUT2D eigenvalue weighted by Crippen LogP contribution is 2.35. The molecule has 0 atom stereocenters. The highest BCUT2D eigenvalue weighted by molar-refractivity contribution is 6.30. The fraction of sp³-hybridized carbons (Fsp3) is 0.467. The zero-order chi connectivity index (χ0) is 16.4. The first kappa shape index (κ1) is 15.7. The molecule has 1 N–H and O–H groups in total. The van der Waals surface area contributed by atoms with Crippen molar-refractivity contribution in [3.63, 3.8) is 0 Å². The maximum Gasteiger partial charge on any atom is 0.217 e. The molecule has 8 heteroatoms. The molecule has 1 saturated carbocycles. The van der Waals surface area contributed by atoms with E-state index in [1.165, 1.54) is 6.92 Å². The Kier molecular flexibility index (Phi) is 4.47. The van der Waals surface area contributed by atoms with Gasteiger partial charge in [0.25, 0.3) is 0 Å². The van der Waals surface area contributed by atoms with Crippen LogP contribution in [0.2, 0.25) is 5.02 Å². The standard InChI is InChI=1S/C15H18ClN5O2/c1-9(22)18-12-3-10(4-12)15-20-19-14(21(15)2)8-23-13-5-11(16)6-17-7-13/h5-7,10,12H,3-4,8H2,1-2H3,(H,18,22). The Morgan fingerprint density at radius 3 is 2.91 bits per heavy atom. The van der Waals surface area contributed by atoms with Crippen molar-refractivity contribution < 1.29 is 9.53 Å². The maximum absolute atomic E-state index is 11.0. The van der Waals surface area contributed by atoms with Crippen LogP contribution in [0.25, 0.3) is 0 Å². The van der Waals surface area contributed by atoms with Crippen LogP contribution in [0.5, 0.6) is 5.75 Å². The molecule has 1 fully saturated rings. The summed E-state index contributed by atoms with van der Waals surface area (Å²) >= 11 is 5.87. The van der Waals surface area contributed by atoms with Gasteiger partial charge in [-0.2, -0.15) is 0 Å². The number of pyridine rings is 1. The predicted octanol–water partition coefficient (Wildman–Crippen LogP) is 1.82. The third kappa shape index (κ3) is 3.61. The van der Waals surface area contributed by atoms with Gasteiger partial charge >= 0.3 is 0 Å². The quantitative estimate of drug-likeness (QED) is 0.901. The second-order valence-corrected chi connectivity index (χ2v) is 6.16. The van der Waals surface area contributed by atoms with Gasteiger partial charge in [0.1, 0.15) is 18.2 Å². The molecule has 0 radical (unpaired) electrons. The lowest BCUT2D eigenvalue weighted by Gasteiger charge is -2.34. The molecule has 1 aliphatic rings. The van der Waals surface area contributed by atoms with Crippen molar-refractivity contribution in [3.8, 4) is 5.75 Å². The number of rotatable bonds is 5. The molecular weight excluding hydrogens is 318 g/mol. The summed E-state index contributed by atoms with van der Waals surface area (Å²) in [6.07, 6.45) is 4.94. The number of nitrogens with zero attached hydrogens (tertiary/aromatic N) is 4. The molecule has 0 unspecified atom stereocenters. The molecule has 0 saturated heterocycles. The van der Waals surface area contributed by atoms with E-state index in [0.29, 0.717) is 23.3 Å². The summed E-state index contributed by atoms with van der Waals surface area (Å²) in [5, 5.41) is 11.9. The van der Waals surface area contributed by atoms with Gasteiger partial charge < -0.3 is 14.6 Å². The largest absolute Gasteiger partial charge is 0.484 e. The summed E-state index contributed by atoms with van der Waals surface area (Å²) in [4.78, 5) is 15.0. The van der Waals surface area contributed by atoms with Crippen LogP contribution in [0.1, 0.15) is 37.3 Å². The van der Waals surface area contributed by atoms with E-state index in [-0.39, 0.29) is 11.9 Å². The number of carbonyl (C=O) groups excluding carboxylic acids is 1. The van der Waals surface area contributed by atoms with E-state index < -0.39 is 0 Å². The van der Waals surface area contributed by atoms with Gasteiger partial charge in [0.2, 0.25) is 5.91 Å². The van der Waals surface area contributed by atoms with Gasteiger partial charge in [0, 0.05) is 38.2 Å². The first-order valence-corrected chi connectivity index (χ1v) is 7.79. The Hall–Kier alpha value is -2.15. The number of aromatic nitrogens is 4. The Morgan fingerprint density at radius 2 is 2.22 bits per heavy atom. The Balaban J connectivity index is 1.58. The molecule has 2 heterocycles. The van der Waals surface area contributed by atoms with Gasteiger partial charge in [0.05, 0.1) is 11.2 Å². The third-order valence-corrected chi connectivity index (χ3v) is 4.16. The van der Waals surface area contributed by atoms with Gasteiger partial charge in [-0.15, -0.1) is 10.2 Å². The van der Waals surface area contributed by atoms with Crippen LogP contribution in [0.15, 0.2) is 18.5 Å². The van der Waals surface area contributed by atoms with E-state index >= 15 is 0 Å². The molecule has 3 rings (SSSR count). The van der Waals surface area contributed by atoms with Crippen molar-refractivity contribution in [3.05, 3.63) is 35.1 Å². The van der Waals surface area contributed by atoms with E-state index in [2.05, 4.69) is 20.5 Å². The lowest BCUT2D eigenvalue weighted by Crippen LogP contribution is -2.43. The first-order chi connectivity index (χ1) is 11.0. The summed E-state index contributed by atoms with van der Waals surface area (Å²) < 4.78 is 7.60. The summed E-state index contributed by atoms with van der Waals surface area (Å²) in [6, 6.07) is 1.95. The number of hydrogen-bond acceptors (Lipinski definition) is 5. The topological polar surface area (TPSA) is 81.9 Å². The van der Waals surface area contributed by atoms with Crippen LogP contribution in [0.4, 0.5) is 0 Å². The fourth-order valence-electron chi connectivity index (χ4n) is 2.71. The van der Waals surface area contributed by atoms with Crippen molar-refractivity contribution in [2.45, 2.75) is 38.3 Å². The molecule has 1 aliphatic carbocycles. The van der Waals surface area contributed by atoms with Crippen molar-refractivity contribution in [2.75, 3.05) is 0 Å². The molecule has 0 aromatic carbocycles. The maximum atomic E-state index is 11.0. The second-order valence-electron chi connectivity index (χ2n) is 5.73. The van der Waals surface area contributed by atoms with E-state index in [1.54, 1.807) is 18.5 Å². The van der Waals surface area contributed by atoms with Crippen molar-refractivity contribution in [2.24, 2.45) is 7.05 Å². The number of halogens is 1. The second kappa shape index (κ2) is 6.54. The smallest absolute Gasteiger partial charge is 0.217 e. The number of amides is 1. The van der Waals surface area contributed by atoms with E-state index in [9.17, 15) is 4.79 Å². The van der Waals surface area contributed by atoms with E-state index in [1.807, 2.05) is 11.6 Å². The molecule has 0 aliphatic heterocycles. The van der Waals surface area contributed by atoms with Crippen LogP contribution >= 0.6 is 11.6 Å². The highest BCUT2D eigenvalue weighted by Gasteiger charge is 2.34. The van der Waals surface area contributed by atoms with Crippen LogP contribution < -0.4 is 10.1 Å². The zero-order valence-corrected chi connectivity index (χ0v) is 13.7. The lowest BCUT2D eigenvalue weighted by molar-refractivity contribution is -0.120. The lowest BCUT2D eigenvalue weighted by atomic mass is 9.79. The molecule has 1 amide bonds. The number of carbonyl (C=O) groups is 1. The fourth-order valence-corrected chi connectivity index (χ4v) is 2.87. The van der Waals surface area contributed by atoms with Gasteiger partial charge in [-0.05, 0) is 12.8 Å². The summed E-state index contributed by atoms with van der Waals surface area (Å²) in [6.45, 7) is 1.84. The summed E-state index contributed by atoms with van der Waals surface area (Å²) in [7, 11) is 1.93. The number of nitrogens with one attached hydrogen (secondary N) is 1. The minimum absolute atomic E-state index is 0.00985. The molecule has 23 heavy (non-hydrogen) atoms. The Morgan fingerprint density at radius 1 is 1.43 bits per heavy atom. The zero-order valence-electron chi connectivity index (χ0n) is 13.0. The van der Waals surface area contributed by atoms with Gasteiger partial charge in [-0.3, -0.25) is 9.78 Å². The molecular formula is C15H18ClN5O2. The SMILES string of the molecule is CC(=O)NC1CC(c2nnc(COc3cncc(Cl)c3)n2C)C1. The first-order valence-electron chi connectivity index (χ1n) is 7.41. The molecule has 0 bridgehead atoms. The molecule has 0 spiro atoms. The van der Waals surface area contributed by atoms with Crippen molar-refractivity contribution >= 4 is 17.5 Å². The normalized spacial score (nSPS) is 20.0. The monoisotopic (exact) mass is 335 g/mol. The molecule has 122 valence electrons. The third-order valence-electron chi connectivity index (χ3n) is 3.96. The number of ether oxygens (including phenoxy) is 1. The molecule has 7 nitrogen and oxygen atoms in total. The minimum Gasteiger partial charge on any atom is -0.484 e. The van der Waals surface area contributed by atoms with Gasteiger partial charge in [0.15, 0.2) is 5.82 Å². The van der Waals surface area contributed by atoms with Crippen LogP contribution in [-0.2, 0) is 18.4 Å². The molecule has 2 aromatic heterocycles. The highest BCUT2D eigenvalue weighted by atomic mass is 35.5. The van der Waals surface area contributed by atoms with Crippen LogP contribution in [0, 0.1) is 0 Å². The Bertz CT molecular complexity index is 712. The summed E-state index contributed by atoms with van der Waals surface area (Å²) in [5.74, 6) is 2.59. The van der Waals surface area contributed by atoms with Crippen LogP contribution in [0.3, 0.4) is 0 Å². The minimum atomic E-state index is 0.00985. The van der Waals surface area contributed by atoms with Crippen molar-refractivity contribution in [1.29, 1.82) is 0 Å². The van der Waals surface area contributed by atoms with E-state index in [4.69, 9.17) is 16.3 Å². The average Bonchev–Trinajstić information content (AvgIpc) is 2.81. The Labute approximate surface area is 139 Å². The van der Waals surface area contributed by atoms with Crippen molar-refractivity contribution in [1.82, 2.24) is 25.1 Å². The predicted molar refractivity (Wildman–Crippen MR) is 84.2 cm³/mol. The van der Waals surface area contributed by atoms with E-state index in [0.717, 1.165) is 24.5 Å². The average molecular weight is 336 g/mol. The number of hydrogen-bond donors (Lipinski definition) is 1. The molecule has 2 aromatic rings. The van der Waals surface area contributed by atoms with Crippen LogP contribution in [-0.4, -0.2) is 31.7 Å². The van der Waals surface area contributed by atoms with Gasteiger partial charge in [-0.1, -0.05) is 11.6 Å². The van der Waals surface area contributed by atoms with Gasteiger partial charge in [-0.25, -0.2) is 0 Å².